The van der Waals surface area contributed by atoms with E-state index in [1.54, 1.807) is 30.5 Å². The zero-order valence-electron chi connectivity index (χ0n) is 9.35. The molecule has 0 aliphatic rings. The smallest absolute Gasteiger partial charge is 0.148 e. The lowest BCUT2D eigenvalue weighted by Crippen LogP contribution is -1.91. The second-order valence-electron chi connectivity index (χ2n) is 3.61. The SMILES string of the molecule is Cc1ncccc1Oc1ccc(CO)cc1Cl. The van der Waals surface area contributed by atoms with E-state index in [0.717, 1.165) is 11.3 Å². The molecule has 0 saturated carbocycles. The van der Waals surface area contributed by atoms with E-state index in [1.807, 2.05) is 13.0 Å². The Bertz CT molecular complexity index is 529. The van der Waals surface area contributed by atoms with Gasteiger partial charge in [0.2, 0.25) is 0 Å². The molecule has 2 rings (SSSR count). The minimum atomic E-state index is -0.0358. The van der Waals surface area contributed by atoms with E-state index in [-0.39, 0.29) is 6.61 Å². The van der Waals surface area contributed by atoms with E-state index in [9.17, 15) is 0 Å². The van der Waals surface area contributed by atoms with Crippen LogP contribution in [-0.2, 0) is 6.61 Å². The number of halogens is 1. The number of aliphatic hydroxyl groups excluding tert-OH is 1. The minimum Gasteiger partial charge on any atom is -0.454 e. The highest BCUT2D eigenvalue weighted by Crippen LogP contribution is 2.30. The fourth-order valence-corrected chi connectivity index (χ4v) is 1.66. The number of benzene rings is 1. The van der Waals surface area contributed by atoms with E-state index >= 15 is 0 Å². The van der Waals surface area contributed by atoms with Crippen molar-refractivity contribution in [2.75, 3.05) is 0 Å². The van der Waals surface area contributed by atoms with Crippen LogP contribution in [0.1, 0.15) is 11.3 Å². The zero-order chi connectivity index (χ0) is 12.3. The van der Waals surface area contributed by atoms with Crippen LogP contribution in [0.15, 0.2) is 36.5 Å². The highest BCUT2D eigenvalue weighted by Gasteiger charge is 2.06. The molecule has 0 bridgehead atoms. The van der Waals surface area contributed by atoms with Gasteiger partial charge in [0.25, 0.3) is 0 Å². The van der Waals surface area contributed by atoms with Crippen molar-refractivity contribution in [3.8, 4) is 11.5 Å². The molecule has 88 valence electrons. The van der Waals surface area contributed by atoms with Crippen molar-refractivity contribution in [1.29, 1.82) is 0 Å². The third-order valence-electron chi connectivity index (χ3n) is 2.36. The largest absolute Gasteiger partial charge is 0.454 e. The van der Waals surface area contributed by atoms with Gasteiger partial charge in [-0.15, -0.1) is 0 Å². The van der Waals surface area contributed by atoms with Gasteiger partial charge in [0.05, 0.1) is 17.3 Å². The molecular weight excluding hydrogens is 238 g/mol. The van der Waals surface area contributed by atoms with Crippen molar-refractivity contribution >= 4 is 11.6 Å². The molecule has 3 nitrogen and oxygen atoms in total. The van der Waals surface area contributed by atoms with E-state index in [0.29, 0.717) is 16.5 Å². The summed E-state index contributed by atoms with van der Waals surface area (Å²) in [5.74, 6) is 1.23. The Hall–Kier alpha value is -1.58. The first-order chi connectivity index (χ1) is 8.20. The van der Waals surface area contributed by atoms with Crippen LogP contribution in [0.4, 0.5) is 0 Å². The van der Waals surface area contributed by atoms with Gasteiger partial charge in [-0.05, 0) is 36.8 Å². The normalized spacial score (nSPS) is 10.3. The van der Waals surface area contributed by atoms with E-state index in [1.165, 1.54) is 0 Å². The molecule has 0 unspecified atom stereocenters. The van der Waals surface area contributed by atoms with Crippen LogP contribution in [-0.4, -0.2) is 10.1 Å². The molecule has 0 aliphatic carbocycles. The number of pyridine rings is 1. The van der Waals surface area contributed by atoms with Gasteiger partial charge in [-0.25, -0.2) is 0 Å². The Balaban J connectivity index is 2.28. The van der Waals surface area contributed by atoms with Gasteiger partial charge in [0, 0.05) is 6.20 Å². The molecule has 17 heavy (non-hydrogen) atoms. The summed E-state index contributed by atoms with van der Waals surface area (Å²) in [6, 6.07) is 8.83. The van der Waals surface area contributed by atoms with E-state index in [4.69, 9.17) is 21.4 Å². The predicted molar refractivity (Wildman–Crippen MR) is 66.4 cm³/mol. The minimum absolute atomic E-state index is 0.0358. The van der Waals surface area contributed by atoms with Crippen LogP contribution < -0.4 is 4.74 Å². The van der Waals surface area contributed by atoms with Crippen molar-refractivity contribution in [2.24, 2.45) is 0 Å². The number of nitrogens with zero attached hydrogens (tertiary/aromatic N) is 1. The quantitative estimate of drug-likeness (QED) is 0.907. The van der Waals surface area contributed by atoms with Gasteiger partial charge in [-0.1, -0.05) is 17.7 Å². The summed E-state index contributed by atoms with van der Waals surface area (Å²) < 4.78 is 5.66. The lowest BCUT2D eigenvalue weighted by atomic mass is 10.2. The molecule has 2 aromatic rings. The van der Waals surface area contributed by atoms with Crippen molar-refractivity contribution in [2.45, 2.75) is 13.5 Å². The molecule has 1 heterocycles. The first-order valence-corrected chi connectivity index (χ1v) is 5.57. The second-order valence-corrected chi connectivity index (χ2v) is 4.02. The van der Waals surface area contributed by atoms with Gasteiger partial charge in [0.15, 0.2) is 0 Å². The van der Waals surface area contributed by atoms with Crippen molar-refractivity contribution in [3.63, 3.8) is 0 Å². The standard InChI is InChI=1S/C13H12ClNO2/c1-9-12(3-2-6-15-9)17-13-5-4-10(8-16)7-11(13)14/h2-7,16H,8H2,1H3. The average molecular weight is 250 g/mol. The van der Waals surface area contributed by atoms with E-state index in [2.05, 4.69) is 4.98 Å². The molecule has 1 aromatic heterocycles. The van der Waals surface area contributed by atoms with Crippen molar-refractivity contribution in [1.82, 2.24) is 4.98 Å². The van der Waals surface area contributed by atoms with Crippen LogP contribution in [0.3, 0.4) is 0 Å². The van der Waals surface area contributed by atoms with E-state index < -0.39 is 0 Å². The molecule has 1 N–H and O–H groups in total. The molecule has 4 heteroatoms. The second kappa shape index (κ2) is 5.17. The third kappa shape index (κ3) is 2.75. The number of ether oxygens (including phenoxy) is 1. The third-order valence-corrected chi connectivity index (χ3v) is 2.65. The van der Waals surface area contributed by atoms with Crippen LogP contribution in [0.25, 0.3) is 0 Å². The number of aliphatic hydroxyl groups is 1. The average Bonchev–Trinajstić information content (AvgIpc) is 2.34. The number of rotatable bonds is 3. The summed E-state index contributed by atoms with van der Waals surface area (Å²) in [6.45, 7) is 1.83. The van der Waals surface area contributed by atoms with Crippen LogP contribution in [0.5, 0.6) is 11.5 Å². The summed E-state index contributed by atoms with van der Waals surface area (Å²) in [4.78, 5) is 4.13. The van der Waals surface area contributed by atoms with Crippen LogP contribution in [0, 0.1) is 6.92 Å². The Morgan fingerprint density at radius 1 is 1.29 bits per heavy atom. The number of aryl methyl sites for hydroxylation is 1. The summed E-state index contributed by atoms with van der Waals surface area (Å²) >= 11 is 6.05. The molecule has 0 amide bonds. The number of hydrogen-bond donors (Lipinski definition) is 1. The first kappa shape index (κ1) is 11.9. The Morgan fingerprint density at radius 3 is 2.76 bits per heavy atom. The molecule has 0 atom stereocenters. The Labute approximate surface area is 105 Å². The topological polar surface area (TPSA) is 42.4 Å². The molecule has 0 radical (unpaired) electrons. The van der Waals surface area contributed by atoms with Crippen LogP contribution >= 0.6 is 11.6 Å². The lowest BCUT2D eigenvalue weighted by Gasteiger charge is -2.09. The zero-order valence-corrected chi connectivity index (χ0v) is 10.1. The molecule has 0 fully saturated rings. The van der Waals surface area contributed by atoms with Crippen molar-refractivity contribution in [3.05, 3.63) is 52.8 Å². The molecule has 0 spiro atoms. The predicted octanol–water partition coefficient (Wildman–Crippen LogP) is 3.33. The van der Waals surface area contributed by atoms with Gasteiger partial charge in [0.1, 0.15) is 11.5 Å². The van der Waals surface area contributed by atoms with Gasteiger partial charge in [-0.2, -0.15) is 0 Å². The molecular formula is C13H12ClNO2. The van der Waals surface area contributed by atoms with Crippen LogP contribution in [0.2, 0.25) is 5.02 Å². The molecule has 0 aliphatic heterocycles. The summed E-state index contributed by atoms with van der Waals surface area (Å²) in [7, 11) is 0. The van der Waals surface area contributed by atoms with Gasteiger partial charge in [-0.3, -0.25) is 4.98 Å². The van der Waals surface area contributed by atoms with Gasteiger partial charge < -0.3 is 9.84 Å². The number of aromatic nitrogens is 1. The Kier molecular flexibility index (Phi) is 3.61. The van der Waals surface area contributed by atoms with Gasteiger partial charge >= 0.3 is 0 Å². The summed E-state index contributed by atoms with van der Waals surface area (Å²) in [6.07, 6.45) is 1.71. The maximum atomic E-state index is 8.98. The summed E-state index contributed by atoms with van der Waals surface area (Å²) in [5.41, 5.74) is 1.56. The lowest BCUT2D eigenvalue weighted by molar-refractivity contribution is 0.281. The molecule has 1 aromatic carbocycles. The Morgan fingerprint density at radius 2 is 2.12 bits per heavy atom. The van der Waals surface area contributed by atoms with Crippen molar-refractivity contribution < 1.29 is 9.84 Å². The fourth-order valence-electron chi connectivity index (χ4n) is 1.42. The molecule has 0 saturated heterocycles. The number of hydrogen-bond acceptors (Lipinski definition) is 3. The maximum Gasteiger partial charge on any atom is 0.148 e. The fraction of sp³-hybridized carbons (Fsp3) is 0.154. The highest BCUT2D eigenvalue weighted by molar-refractivity contribution is 6.32. The monoisotopic (exact) mass is 249 g/mol. The highest BCUT2D eigenvalue weighted by atomic mass is 35.5. The first-order valence-electron chi connectivity index (χ1n) is 5.19. The summed E-state index contributed by atoms with van der Waals surface area (Å²) in [5, 5.41) is 9.45. The maximum absolute atomic E-state index is 8.98.